The van der Waals surface area contributed by atoms with Crippen LogP contribution in [0.1, 0.15) is 85.2 Å². The van der Waals surface area contributed by atoms with Crippen molar-refractivity contribution in [1.82, 2.24) is 0 Å². The molecular formula is C37H38F6O5. The number of halogens is 6. The zero-order chi connectivity index (χ0) is 35.6. The van der Waals surface area contributed by atoms with Crippen LogP contribution in [0.4, 0.5) is 26.3 Å². The number of allylic oxidation sites excluding steroid dienone is 1. The molecule has 11 heteroatoms. The Morgan fingerprint density at radius 1 is 0.854 bits per heavy atom. The van der Waals surface area contributed by atoms with Gasteiger partial charge in [0, 0.05) is 22.7 Å². The number of alkyl halides is 6. The maximum absolute atomic E-state index is 14.1. The Hall–Kier alpha value is -3.89. The van der Waals surface area contributed by atoms with E-state index in [1.54, 1.807) is 13.0 Å². The van der Waals surface area contributed by atoms with Gasteiger partial charge in [0.2, 0.25) is 0 Å². The average molecular weight is 677 g/mol. The Labute approximate surface area is 275 Å². The first-order valence-corrected chi connectivity index (χ1v) is 15.8. The van der Waals surface area contributed by atoms with E-state index in [1.807, 2.05) is 20.8 Å². The van der Waals surface area contributed by atoms with Gasteiger partial charge in [-0.05, 0) is 91.1 Å². The van der Waals surface area contributed by atoms with Crippen LogP contribution in [0.15, 0.2) is 73.3 Å². The number of hydrogen-bond acceptors (Lipinski definition) is 5. The molecule has 3 aliphatic rings. The highest BCUT2D eigenvalue weighted by atomic mass is 19.4. The molecule has 0 saturated heterocycles. The highest BCUT2D eigenvalue weighted by molar-refractivity contribution is 6.01. The van der Waals surface area contributed by atoms with Gasteiger partial charge < -0.3 is 9.47 Å². The fourth-order valence-electron chi connectivity index (χ4n) is 8.61. The van der Waals surface area contributed by atoms with Crippen LogP contribution in [0.3, 0.4) is 0 Å². The summed E-state index contributed by atoms with van der Waals surface area (Å²) in [4.78, 5) is 41.3. The summed E-state index contributed by atoms with van der Waals surface area (Å²) >= 11 is 0. The monoisotopic (exact) mass is 676 g/mol. The lowest BCUT2D eigenvalue weighted by molar-refractivity contribution is -0.192. The topological polar surface area (TPSA) is 69.7 Å². The van der Waals surface area contributed by atoms with Gasteiger partial charge >= 0.3 is 24.3 Å². The highest BCUT2D eigenvalue weighted by Gasteiger charge is 2.70. The molecule has 0 radical (unpaired) electrons. The van der Waals surface area contributed by atoms with E-state index in [4.69, 9.17) is 9.47 Å². The van der Waals surface area contributed by atoms with E-state index in [1.165, 1.54) is 0 Å². The summed E-state index contributed by atoms with van der Waals surface area (Å²) in [5.74, 6) is -3.21. The molecule has 0 aromatic heterocycles. The van der Waals surface area contributed by atoms with Crippen molar-refractivity contribution in [3.05, 3.63) is 95.6 Å². The Bertz CT molecular complexity index is 1630. The minimum absolute atomic E-state index is 0.0331. The SMILES string of the molecule is C=C[C@]1(C)C[C@@H](OC(=O)c2ccc(C(F)(F)F)cc2)[C@]2(C)[C@H](C)CC[C@]3(CC(=C)C(=O)[C@H]32)[C@@H](C)[C@@H]1OC(=O)c1ccc(C(F)(F)F)cc1. The van der Waals surface area contributed by atoms with Gasteiger partial charge in [-0.1, -0.05) is 40.3 Å². The van der Waals surface area contributed by atoms with Crippen molar-refractivity contribution in [3.8, 4) is 0 Å². The van der Waals surface area contributed by atoms with Crippen molar-refractivity contribution in [2.24, 2.45) is 34.0 Å². The van der Waals surface area contributed by atoms with E-state index in [9.17, 15) is 40.7 Å². The third kappa shape index (κ3) is 5.76. The number of esters is 2. The number of Topliss-reactive ketones (excluding diaryl/α,β-unsaturated/α-hetero) is 1. The molecule has 3 fully saturated rings. The number of carbonyl (C=O) groups is 3. The zero-order valence-corrected chi connectivity index (χ0v) is 27.1. The van der Waals surface area contributed by atoms with E-state index < -0.39 is 75.7 Å². The summed E-state index contributed by atoms with van der Waals surface area (Å²) < 4.78 is 91.6. The fraction of sp³-hybridized carbons (Fsp3) is 0.486. The second-order valence-corrected chi connectivity index (χ2v) is 14.2. The van der Waals surface area contributed by atoms with Crippen LogP contribution in [0.2, 0.25) is 0 Å². The van der Waals surface area contributed by atoms with Crippen molar-refractivity contribution in [3.63, 3.8) is 0 Å². The first kappa shape index (κ1) is 35.4. The van der Waals surface area contributed by atoms with Crippen molar-refractivity contribution < 1.29 is 50.2 Å². The van der Waals surface area contributed by atoms with Crippen molar-refractivity contribution >= 4 is 17.7 Å². The van der Waals surface area contributed by atoms with Gasteiger partial charge in [0.25, 0.3) is 0 Å². The summed E-state index contributed by atoms with van der Waals surface area (Å²) in [5.41, 5.74) is -4.47. The Balaban J connectivity index is 1.59. The number of ether oxygens (including phenoxy) is 2. The summed E-state index contributed by atoms with van der Waals surface area (Å²) in [6, 6.07) is 7.34. The van der Waals surface area contributed by atoms with Crippen LogP contribution in [0, 0.1) is 34.0 Å². The molecule has 48 heavy (non-hydrogen) atoms. The molecule has 2 aromatic carbocycles. The molecule has 5 nitrogen and oxygen atoms in total. The molecule has 5 rings (SSSR count). The van der Waals surface area contributed by atoms with Crippen molar-refractivity contribution in [2.75, 3.05) is 0 Å². The fourth-order valence-corrected chi connectivity index (χ4v) is 8.61. The predicted molar refractivity (Wildman–Crippen MR) is 165 cm³/mol. The largest absolute Gasteiger partial charge is 0.458 e. The molecule has 0 amide bonds. The standard InChI is InChI=1S/C37H38F6O5/c1-7-33(5)19-27(47-31(45)23-8-12-25(13-9-23)36(38,39)40)34(6)21(3)16-17-35(18-20(2)28(44)29(34)35)22(4)30(33)48-32(46)24-10-14-26(15-11-24)37(41,42)43/h7-15,21-22,27,29-30H,1-2,16-19H2,3-6H3/t21-,22+,27-,29+,30+,33-,34+,35+/m1/s1. The van der Waals surface area contributed by atoms with Crippen molar-refractivity contribution in [1.29, 1.82) is 0 Å². The Morgan fingerprint density at radius 3 is 1.79 bits per heavy atom. The van der Waals surface area contributed by atoms with Crippen LogP contribution in [0.25, 0.3) is 0 Å². The molecule has 0 heterocycles. The van der Waals surface area contributed by atoms with E-state index >= 15 is 0 Å². The Morgan fingerprint density at radius 2 is 1.33 bits per heavy atom. The van der Waals surface area contributed by atoms with Gasteiger partial charge in [0.1, 0.15) is 12.2 Å². The molecule has 3 saturated carbocycles. The van der Waals surface area contributed by atoms with Gasteiger partial charge in [0.15, 0.2) is 5.78 Å². The molecule has 258 valence electrons. The van der Waals surface area contributed by atoms with E-state index in [2.05, 4.69) is 13.2 Å². The molecule has 0 aliphatic heterocycles. The number of carbonyl (C=O) groups excluding carboxylic acids is 3. The van der Waals surface area contributed by atoms with Crippen LogP contribution in [-0.2, 0) is 26.6 Å². The molecule has 8 atom stereocenters. The number of benzene rings is 2. The molecule has 3 aliphatic carbocycles. The number of ketones is 1. The maximum atomic E-state index is 14.1. The number of hydrogen-bond donors (Lipinski definition) is 0. The third-order valence-corrected chi connectivity index (χ3v) is 11.6. The van der Waals surface area contributed by atoms with Gasteiger partial charge in [0.05, 0.1) is 22.3 Å². The highest BCUT2D eigenvalue weighted by Crippen LogP contribution is 2.69. The molecule has 0 unspecified atom stereocenters. The lowest BCUT2D eigenvalue weighted by atomic mass is 9.44. The predicted octanol–water partition coefficient (Wildman–Crippen LogP) is 9.28. The molecule has 0 spiro atoms. The lowest BCUT2D eigenvalue weighted by Crippen LogP contribution is -2.63. The first-order chi connectivity index (χ1) is 22.2. The van der Waals surface area contributed by atoms with Crippen molar-refractivity contribution in [2.45, 2.75) is 77.9 Å². The van der Waals surface area contributed by atoms with Gasteiger partial charge in [-0.25, -0.2) is 9.59 Å². The van der Waals surface area contributed by atoms with Crippen LogP contribution in [-0.4, -0.2) is 29.9 Å². The normalized spacial score (nSPS) is 33.7. The second kappa shape index (κ2) is 11.9. The summed E-state index contributed by atoms with van der Waals surface area (Å²) in [6.45, 7) is 15.7. The molecular weight excluding hydrogens is 638 g/mol. The smallest absolute Gasteiger partial charge is 0.416 e. The Kier molecular flexibility index (Phi) is 8.79. The zero-order valence-electron chi connectivity index (χ0n) is 27.1. The van der Waals surface area contributed by atoms with E-state index in [0.29, 0.717) is 24.8 Å². The lowest BCUT2D eigenvalue weighted by Gasteiger charge is -2.61. The third-order valence-electron chi connectivity index (χ3n) is 11.6. The van der Waals surface area contributed by atoms with Gasteiger partial charge in [-0.2, -0.15) is 26.3 Å². The van der Waals surface area contributed by atoms with Gasteiger partial charge in [-0.15, -0.1) is 6.58 Å². The first-order valence-electron chi connectivity index (χ1n) is 15.8. The van der Waals surface area contributed by atoms with Crippen LogP contribution >= 0.6 is 0 Å². The quantitative estimate of drug-likeness (QED) is 0.137. The second-order valence-electron chi connectivity index (χ2n) is 14.2. The molecule has 0 N–H and O–H groups in total. The van der Waals surface area contributed by atoms with Gasteiger partial charge in [-0.3, -0.25) is 4.79 Å². The maximum Gasteiger partial charge on any atom is 0.416 e. The average Bonchev–Trinajstić information content (AvgIpc) is 3.30. The van der Waals surface area contributed by atoms with Crippen LogP contribution < -0.4 is 0 Å². The van der Waals surface area contributed by atoms with Crippen LogP contribution in [0.5, 0.6) is 0 Å². The minimum atomic E-state index is -4.60. The number of rotatable bonds is 5. The summed E-state index contributed by atoms with van der Waals surface area (Å²) in [7, 11) is 0. The molecule has 2 aromatic rings. The minimum Gasteiger partial charge on any atom is -0.458 e. The van der Waals surface area contributed by atoms with E-state index in [-0.39, 0.29) is 29.2 Å². The summed E-state index contributed by atoms with van der Waals surface area (Å²) in [5, 5.41) is 0. The summed E-state index contributed by atoms with van der Waals surface area (Å²) in [6.07, 6.45) is -8.00. The molecule has 2 bridgehead atoms. The van der Waals surface area contributed by atoms with E-state index in [0.717, 1.165) is 48.5 Å².